The van der Waals surface area contributed by atoms with E-state index in [4.69, 9.17) is 11.6 Å². The van der Waals surface area contributed by atoms with Gasteiger partial charge in [-0.1, -0.05) is 11.6 Å². The third-order valence-corrected chi connectivity index (χ3v) is 1.99. The third-order valence-electron chi connectivity index (χ3n) is 1.71. The Morgan fingerprint density at radius 1 is 1.29 bits per heavy atom. The highest BCUT2D eigenvalue weighted by Gasteiger charge is 2.16. The summed E-state index contributed by atoms with van der Waals surface area (Å²) in [6, 6.07) is 0.566. The molecular weight excluding hydrogens is 217 g/mol. The smallest absolute Gasteiger partial charge is 0.165 e. The van der Waals surface area contributed by atoms with E-state index in [2.05, 4.69) is 0 Å². The van der Waals surface area contributed by atoms with Gasteiger partial charge >= 0.3 is 0 Å². The predicted octanol–water partition coefficient (Wildman–Crippen LogP) is 2.89. The number of benzene rings is 1. The first-order valence-corrected chi connectivity index (χ1v) is 4.21. The summed E-state index contributed by atoms with van der Waals surface area (Å²) in [5.74, 6) is -3.50. The van der Waals surface area contributed by atoms with E-state index in [9.17, 15) is 18.0 Å². The van der Waals surface area contributed by atoms with E-state index in [1.165, 1.54) is 0 Å². The van der Waals surface area contributed by atoms with Gasteiger partial charge in [0, 0.05) is 12.0 Å². The lowest BCUT2D eigenvalue weighted by molar-refractivity contribution is -0.107. The molecule has 0 aromatic heterocycles. The van der Waals surface area contributed by atoms with Gasteiger partial charge in [0.1, 0.15) is 12.1 Å². The van der Waals surface area contributed by atoms with Crippen LogP contribution < -0.4 is 0 Å². The van der Waals surface area contributed by atoms with Crippen LogP contribution in [-0.4, -0.2) is 6.29 Å². The lowest BCUT2D eigenvalue weighted by Crippen LogP contribution is -2.00. The van der Waals surface area contributed by atoms with Crippen molar-refractivity contribution in [1.29, 1.82) is 0 Å². The Labute approximate surface area is 83.5 Å². The van der Waals surface area contributed by atoms with Gasteiger partial charge in [0.05, 0.1) is 5.02 Å². The van der Waals surface area contributed by atoms with Crippen LogP contribution >= 0.6 is 11.6 Å². The highest BCUT2D eigenvalue weighted by Crippen LogP contribution is 2.24. The first kappa shape index (κ1) is 11.0. The lowest BCUT2D eigenvalue weighted by Gasteiger charge is -2.05. The summed E-state index contributed by atoms with van der Waals surface area (Å²) in [7, 11) is 0. The number of rotatable bonds is 3. The Morgan fingerprint density at radius 3 is 2.50 bits per heavy atom. The molecule has 0 aliphatic rings. The molecule has 0 fully saturated rings. The van der Waals surface area contributed by atoms with Crippen LogP contribution in [0.15, 0.2) is 6.07 Å². The van der Waals surface area contributed by atoms with E-state index >= 15 is 0 Å². The fourth-order valence-electron chi connectivity index (χ4n) is 1.05. The first-order chi connectivity index (χ1) is 6.57. The standard InChI is InChI=1S/C9H6ClF3O/c10-6-4-7(11)9(13)5(8(6)12)2-1-3-14/h3-4H,1-2H2. The summed E-state index contributed by atoms with van der Waals surface area (Å²) in [4.78, 5) is 10.00. The second-order valence-corrected chi connectivity index (χ2v) is 3.06. The molecule has 14 heavy (non-hydrogen) atoms. The van der Waals surface area contributed by atoms with Crippen molar-refractivity contribution in [3.63, 3.8) is 0 Å². The first-order valence-electron chi connectivity index (χ1n) is 3.83. The third kappa shape index (κ3) is 2.07. The number of aldehydes is 1. The molecule has 1 aromatic rings. The fourth-order valence-corrected chi connectivity index (χ4v) is 1.26. The maximum Gasteiger partial charge on any atom is 0.165 e. The molecule has 5 heteroatoms. The molecule has 0 spiro atoms. The molecule has 0 amide bonds. The van der Waals surface area contributed by atoms with Gasteiger partial charge in [-0.05, 0) is 12.5 Å². The molecule has 1 nitrogen and oxygen atoms in total. The summed E-state index contributed by atoms with van der Waals surface area (Å²) in [5.41, 5.74) is -0.484. The minimum atomic E-state index is -1.28. The van der Waals surface area contributed by atoms with Crippen LogP contribution in [0.4, 0.5) is 13.2 Å². The molecule has 1 aromatic carbocycles. The molecule has 0 unspecified atom stereocenters. The zero-order valence-corrected chi connectivity index (χ0v) is 7.74. The molecule has 0 N–H and O–H groups in total. The largest absolute Gasteiger partial charge is 0.303 e. The normalized spacial score (nSPS) is 10.3. The lowest BCUT2D eigenvalue weighted by atomic mass is 10.1. The van der Waals surface area contributed by atoms with Crippen molar-refractivity contribution < 1.29 is 18.0 Å². The minimum absolute atomic E-state index is 0.0758. The van der Waals surface area contributed by atoms with Crippen molar-refractivity contribution in [2.75, 3.05) is 0 Å². The van der Waals surface area contributed by atoms with Crippen LogP contribution in [-0.2, 0) is 11.2 Å². The van der Waals surface area contributed by atoms with Gasteiger partial charge in [0.15, 0.2) is 11.6 Å². The van der Waals surface area contributed by atoms with Crippen LogP contribution in [0, 0.1) is 17.5 Å². The quantitative estimate of drug-likeness (QED) is 0.568. The molecule has 0 saturated heterocycles. The van der Waals surface area contributed by atoms with E-state index in [1.54, 1.807) is 0 Å². The summed E-state index contributed by atoms with van der Waals surface area (Å²) < 4.78 is 38.8. The van der Waals surface area contributed by atoms with Gasteiger partial charge in [0.25, 0.3) is 0 Å². The van der Waals surface area contributed by atoms with Gasteiger partial charge in [0.2, 0.25) is 0 Å². The van der Waals surface area contributed by atoms with Gasteiger partial charge in [-0.2, -0.15) is 0 Å². The maximum atomic E-state index is 13.1. The summed E-state index contributed by atoms with van der Waals surface area (Å²) >= 11 is 5.30. The zero-order valence-electron chi connectivity index (χ0n) is 6.99. The maximum absolute atomic E-state index is 13.1. The molecule has 76 valence electrons. The number of halogens is 4. The SMILES string of the molecule is O=CCCc1c(F)c(F)cc(Cl)c1F. The second kappa shape index (κ2) is 4.46. The second-order valence-electron chi connectivity index (χ2n) is 2.65. The fraction of sp³-hybridized carbons (Fsp3) is 0.222. The summed E-state index contributed by atoms with van der Waals surface area (Å²) in [6.07, 6.45) is 0.226. The van der Waals surface area contributed by atoms with Crippen LogP contribution in [0.25, 0.3) is 0 Å². The zero-order chi connectivity index (χ0) is 10.7. The van der Waals surface area contributed by atoms with Crippen molar-refractivity contribution in [3.8, 4) is 0 Å². The number of carbonyl (C=O) groups is 1. The van der Waals surface area contributed by atoms with Gasteiger partial charge in [-0.15, -0.1) is 0 Å². The Morgan fingerprint density at radius 2 is 1.93 bits per heavy atom. The predicted molar refractivity (Wildman–Crippen MR) is 45.7 cm³/mol. The van der Waals surface area contributed by atoms with Crippen LogP contribution in [0.2, 0.25) is 5.02 Å². The average Bonchev–Trinajstić information content (AvgIpc) is 2.15. The molecule has 0 atom stereocenters. The number of hydrogen-bond acceptors (Lipinski definition) is 1. The van der Waals surface area contributed by atoms with Crippen molar-refractivity contribution in [2.24, 2.45) is 0 Å². The average molecular weight is 223 g/mol. The minimum Gasteiger partial charge on any atom is -0.303 e. The molecule has 0 saturated carbocycles. The highest BCUT2D eigenvalue weighted by atomic mass is 35.5. The van der Waals surface area contributed by atoms with Gasteiger partial charge in [-0.25, -0.2) is 13.2 Å². The van der Waals surface area contributed by atoms with E-state index in [0.717, 1.165) is 0 Å². The molecule has 1 rings (SSSR count). The topological polar surface area (TPSA) is 17.1 Å². The summed E-state index contributed by atoms with van der Waals surface area (Å²) in [6.45, 7) is 0. The van der Waals surface area contributed by atoms with Crippen LogP contribution in [0.3, 0.4) is 0 Å². The van der Waals surface area contributed by atoms with Crippen LogP contribution in [0.5, 0.6) is 0 Å². The van der Waals surface area contributed by atoms with E-state index < -0.39 is 28.0 Å². The van der Waals surface area contributed by atoms with Gasteiger partial charge < -0.3 is 4.79 Å². The van der Waals surface area contributed by atoms with E-state index in [0.29, 0.717) is 12.4 Å². The molecule has 0 radical (unpaired) electrons. The summed E-state index contributed by atoms with van der Waals surface area (Å²) in [5, 5.41) is -0.482. The van der Waals surface area contributed by atoms with Crippen molar-refractivity contribution in [3.05, 3.63) is 34.1 Å². The Balaban J connectivity index is 3.17. The van der Waals surface area contributed by atoms with E-state index in [1.807, 2.05) is 0 Å². The van der Waals surface area contributed by atoms with Crippen LogP contribution in [0.1, 0.15) is 12.0 Å². The van der Waals surface area contributed by atoms with Crippen molar-refractivity contribution in [1.82, 2.24) is 0 Å². The molecular formula is C9H6ClF3O. The monoisotopic (exact) mass is 222 g/mol. The Kier molecular flexibility index (Phi) is 3.52. The molecule has 0 aliphatic heterocycles. The molecule has 0 aliphatic carbocycles. The number of carbonyl (C=O) groups excluding carboxylic acids is 1. The number of hydrogen-bond donors (Lipinski definition) is 0. The van der Waals surface area contributed by atoms with E-state index in [-0.39, 0.29) is 12.8 Å². The molecule has 0 bridgehead atoms. The Hall–Kier alpha value is -1.03. The molecule has 0 heterocycles. The van der Waals surface area contributed by atoms with Gasteiger partial charge in [-0.3, -0.25) is 0 Å². The Bertz CT molecular complexity index is 339. The van der Waals surface area contributed by atoms with Crippen molar-refractivity contribution >= 4 is 17.9 Å². The van der Waals surface area contributed by atoms with Crippen molar-refractivity contribution in [2.45, 2.75) is 12.8 Å². The highest BCUT2D eigenvalue weighted by molar-refractivity contribution is 6.30.